The van der Waals surface area contributed by atoms with Gasteiger partial charge in [0.15, 0.2) is 11.6 Å². The molecular formula is C28H40O6. The van der Waals surface area contributed by atoms with E-state index in [2.05, 4.69) is 39.8 Å². The molecule has 6 heteroatoms. The molecule has 0 aromatic carbocycles. The van der Waals surface area contributed by atoms with E-state index in [0.29, 0.717) is 18.4 Å². The van der Waals surface area contributed by atoms with Gasteiger partial charge in [0.1, 0.15) is 23.9 Å². The van der Waals surface area contributed by atoms with Gasteiger partial charge in [-0.05, 0) is 75.4 Å². The first kappa shape index (κ1) is 23.2. The highest BCUT2D eigenvalue weighted by molar-refractivity contribution is 5.67. The molecular weight excluding hydrogens is 432 g/mol. The van der Waals surface area contributed by atoms with Crippen molar-refractivity contribution in [3.63, 3.8) is 0 Å². The molecule has 6 rings (SSSR count). The number of fused-ring (bicyclic) bond motifs is 4. The lowest BCUT2D eigenvalue weighted by Crippen LogP contribution is -2.68. The van der Waals surface area contributed by atoms with Crippen LogP contribution in [0.2, 0.25) is 0 Å². The standard InChI is InChI=1S/C28H40O6/c1-14-12-27-15(2)10-19-20(24(19,4)5)18(23(27)31-16(3)29)11-17-13-30-25(6,7)33-22(17)28(27)21(14)32-26(8,9)34-28/h11-12,15,18-23H,10,13H2,1-9H3/t15-,18-,19-,20+,21+,22-,23+,27+,28-/m1/s1. The fourth-order valence-corrected chi connectivity index (χ4v) is 8.80. The van der Waals surface area contributed by atoms with Crippen LogP contribution in [0.4, 0.5) is 0 Å². The third kappa shape index (κ3) is 2.69. The smallest absolute Gasteiger partial charge is 0.302 e. The Labute approximate surface area is 203 Å². The van der Waals surface area contributed by atoms with Gasteiger partial charge in [0.2, 0.25) is 0 Å². The van der Waals surface area contributed by atoms with Crippen molar-refractivity contribution in [3.8, 4) is 0 Å². The number of carbonyl (C=O) groups excluding carboxylic acids is 1. The predicted molar refractivity (Wildman–Crippen MR) is 126 cm³/mol. The molecule has 2 bridgehead atoms. The predicted octanol–water partition coefficient (Wildman–Crippen LogP) is 4.77. The van der Waals surface area contributed by atoms with Crippen molar-refractivity contribution >= 4 is 5.97 Å². The van der Waals surface area contributed by atoms with Gasteiger partial charge in [0.25, 0.3) is 0 Å². The summed E-state index contributed by atoms with van der Waals surface area (Å²) in [5.41, 5.74) is 1.00. The van der Waals surface area contributed by atoms with E-state index < -0.39 is 22.6 Å². The summed E-state index contributed by atoms with van der Waals surface area (Å²) in [5, 5.41) is 0. The molecule has 6 nitrogen and oxygen atoms in total. The van der Waals surface area contributed by atoms with Gasteiger partial charge in [-0.15, -0.1) is 0 Å². The number of hydrogen-bond donors (Lipinski definition) is 0. The van der Waals surface area contributed by atoms with Gasteiger partial charge in [0.05, 0.1) is 12.0 Å². The highest BCUT2D eigenvalue weighted by Gasteiger charge is 2.81. The van der Waals surface area contributed by atoms with Gasteiger partial charge in [-0.3, -0.25) is 4.79 Å². The summed E-state index contributed by atoms with van der Waals surface area (Å²) in [7, 11) is 0. The van der Waals surface area contributed by atoms with Crippen molar-refractivity contribution in [3.05, 3.63) is 23.3 Å². The summed E-state index contributed by atoms with van der Waals surface area (Å²) in [6.07, 6.45) is 4.73. The van der Waals surface area contributed by atoms with Crippen molar-refractivity contribution in [1.29, 1.82) is 0 Å². The number of rotatable bonds is 1. The minimum absolute atomic E-state index is 0.0641. The molecule has 4 fully saturated rings. The van der Waals surface area contributed by atoms with Crippen LogP contribution in [0.25, 0.3) is 0 Å². The second-order valence-corrected chi connectivity index (χ2v) is 13.2. The van der Waals surface area contributed by atoms with E-state index in [1.54, 1.807) is 0 Å². The Bertz CT molecular complexity index is 1010. The van der Waals surface area contributed by atoms with Gasteiger partial charge >= 0.3 is 5.97 Å². The Morgan fingerprint density at radius 3 is 2.41 bits per heavy atom. The number of esters is 1. The summed E-state index contributed by atoms with van der Waals surface area (Å²) in [6, 6.07) is 0. The molecule has 0 aromatic heterocycles. The molecule has 0 N–H and O–H groups in total. The number of hydrogen-bond acceptors (Lipinski definition) is 6. The van der Waals surface area contributed by atoms with E-state index in [1.165, 1.54) is 6.92 Å². The normalized spacial score (nSPS) is 50.9. The van der Waals surface area contributed by atoms with E-state index in [1.807, 2.05) is 27.7 Å². The third-order valence-electron chi connectivity index (χ3n) is 9.97. The summed E-state index contributed by atoms with van der Waals surface area (Å²) in [6.45, 7) is 19.1. The van der Waals surface area contributed by atoms with E-state index in [-0.39, 0.29) is 41.5 Å². The van der Waals surface area contributed by atoms with Crippen molar-refractivity contribution in [2.75, 3.05) is 6.61 Å². The Morgan fingerprint density at radius 2 is 1.74 bits per heavy atom. The Kier molecular flexibility index (Phi) is 4.48. The van der Waals surface area contributed by atoms with Crippen LogP contribution in [-0.4, -0.2) is 48.1 Å². The zero-order chi connectivity index (χ0) is 24.6. The Morgan fingerprint density at radius 1 is 1.06 bits per heavy atom. The molecule has 0 aromatic rings. The lowest BCUT2D eigenvalue weighted by atomic mass is 9.58. The van der Waals surface area contributed by atoms with Crippen LogP contribution in [0.15, 0.2) is 23.3 Å². The molecule has 0 radical (unpaired) electrons. The van der Waals surface area contributed by atoms with Crippen LogP contribution in [0.5, 0.6) is 0 Å². The highest BCUT2D eigenvalue weighted by atomic mass is 16.8. The first-order chi connectivity index (χ1) is 15.7. The monoisotopic (exact) mass is 472 g/mol. The minimum Gasteiger partial charge on any atom is -0.461 e. The quantitative estimate of drug-likeness (QED) is 0.405. The maximum Gasteiger partial charge on any atom is 0.302 e. The van der Waals surface area contributed by atoms with E-state index in [4.69, 9.17) is 23.7 Å². The molecule has 6 aliphatic rings. The average molecular weight is 473 g/mol. The zero-order valence-corrected chi connectivity index (χ0v) is 22.1. The molecule has 34 heavy (non-hydrogen) atoms. The van der Waals surface area contributed by atoms with Crippen LogP contribution in [-0.2, 0) is 28.5 Å². The minimum atomic E-state index is -0.845. The molecule has 0 unspecified atom stereocenters. The van der Waals surface area contributed by atoms with Crippen LogP contribution in [0, 0.1) is 34.5 Å². The molecule has 2 aliphatic heterocycles. The lowest BCUT2D eigenvalue weighted by Gasteiger charge is -2.55. The second kappa shape index (κ2) is 6.56. The van der Waals surface area contributed by atoms with E-state index >= 15 is 0 Å². The second-order valence-electron chi connectivity index (χ2n) is 13.2. The van der Waals surface area contributed by atoms with Crippen molar-refractivity contribution in [2.45, 2.75) is 104 Å². The summed E-state index contributed by atoms with van der Waals surface area (Å²) >= 11 is 0. The Hall–Kier alpha value is -1.21. The van der Waals surface area contributed by atoms with E-state index in [0.717, 1.165) is 17.6 Å². The Balaban J connectivity index is 1.66. The van der Waals surface area contributed by atoms with Crippen LogP contribution < -0.4 is 0 Å². The van der Waals surface area contributed by atoms with Gasteiger partial charge in [-0.2, -0.15) is 0 Å². The largest absolute Gasteiger partial charge is 0.461 e. The molecule has 9 atom stereocenters. The first-order valence-corrected chi connectivity index (χ1v) is 12.9. The van der Waals surface area contributed by atoms with Crippen molar-refractivity contribution < 1.29 is 28.5 Å². The van der Waals surface area contributed by atoms with Crippen LogP contribution in [0.3, 0.4) is 0 Å². The van der Waals surface area contributed by atoms with Crippen molar-refractivity contribution in [2.24, 2.45) is 34.5 Å². The highest BCUT2D eigenvalue weighted by Crippen LogP contribution is 2.75. The number of ether oxygens (including phenoxy) is 5. The topological polar surface area (TPSA) is 63.2 Å². The molecule has 2 spiro atoms. The average Bonchev–Trinajstić information content (AvgIpc) is 3.02. The molecule has 4 aliphatic carbocycles. The molecule has 188 valence electrons. The van der Waals surface area contributed by atoms with Gasteiger partial charge in [-0.1, -0.05) is 32.9 Å². The van der Waals surface area contributed by atoms with Gasteiger partial charge < -0.3 is 23.7 Å². The van der Waals surface area contributed by atoms with Crippen molar-refractivity contribution in [1.82, 2.24) is 0 Å². The third-order valence-corrected chi connectivity index (χ3v) is 9.97. The van der Waals surface area contributed by atoms with Gasteiger partial charge in [0, 0.05) is 12.8 Å². The fourth-order valence-electron chi connectivity index (χ4n) is 8.80. The number of carbonyl (C=O) groups is 1. The molecule has 2 saturated carbocycles. The maximum atomic E-state index is 12.7. The summed E-state index contributed by atoms with van der Waals surface area (Å²) in [5.74, 6) is -0.531. The van der Waals surface area contributed by atoms with Crippen LogP contribution in [0.1, 0.15) is 68.7 Å². The molecule has 2 saturated heterocycles. The summed E-state index contributed by atoms with van der Waals surface area (Å²) < 4.78 is 33.1. The van der Waals surface area contributed by atoms with Gasteiger partial charge in [-0.25, -0.2) is 0 Å². The van der Waals surface area contributed by atoms with Crippen LogP contribution >= 0.6 is 0 Å². The maximum absolute atomic E-state index is 12.7. The SMILES string of the molecule is CC(=O)O[C@H]1[C@@H]2C=C3COC(C)(C)O[C@H]3[C@]34OC(C)(C)O[C@H]3C(C)=C[C@]14[C@H](C)C[C@@H]1[C@H]2C1(C)C. The fraction of sp³-hybridized carbons (Fsp3) is 0.821. The lowest BCUT2D eigenvalue weighted by molar-refractivity contribution is -0.314. The van der Waals surface area contributed by atoms with E-state index in [9.17, 15) is 4.79 Å². The summed E-state index contributed by atoms with van der Waals surface area (Å²) in [4.78, 5) is 12.7. The molecule has 0 amide bonds. The molecule has 2 heterocycles. The first-order valence-electron chi connectivity index (χ1n) is 12.9. The zero-order valence-electron chi connectivity index (χ0n) is 22.1.